The van der Waals surface area contributed by atoms with Crippen LogP contribution in [0.15, 0.2) is 12.5 Å². The summed E-state index contributed by atoms with van der Waals surface area (Å²) in [5.74, 6) is 0. The van der Waals surface area contributed by atoms with Crippen LogP contribution in [0.2, 0.25) is 0 Å². The van der Waals surface area contributed by atoms with Gasteiger partial charge in [0.1, 0.15) is 6.33 Å². The van der Waals surface area contributed by atoms with E-state index in [0.29, 0.717) is 18.7 Å². The number of phosphoric acid groups is 1. The van der Waals surface area contributed by atoms with E-state index in [-0.39, 0.29) is 42.0 Å². The SMILES string of the molecule is Cl.NCCc1cn(OP(=O)(O)O)cn1.[NaH]. The van der Waals surface area contributed by atoms with Crippen LogP contribution in [0.1, 0.15) is 5.69 Å². The molecular formula is C5H12ClN3NaO4P. The Balaban J connectivity index is 0. The summed E-state index contributed by atoms with van der Waals surface area (Å²) in [5, 5.41) is 0. The molecule has 0 aliphatic carbocycles. The van der Waals surface area contributed by atoms with Crippen molar-refractivity contribution in [1.82, 2.24) is 9.71 Å². The molecular weight excluding hydrogens is 255 g/mol. The Bertz CT molecular complexity index is 330. The number of nitrogens with zero attached hydrogens (tertiary/aromatic N) is 2. The van der Waals surface area contributed by atoms with Crippen LogP contribution in [0, 0.1) is 0 Å². The zero-order valence-electron chi connectivity index (χ0n) is 7.11. The molecule has 1 aromatic heterocycles. The molecule has 4 N–H and O–H groups in total. The predicted molar refractivity (Wildman–Crippen MR) is 58.0 cm³/mol. The van der Waals surface area contributed by atoms with Gasteiger partial charge in [-0.3, -0.25) is 9.79 Å². The van der Waals surface area contributed by atoms with Crippen molar-refractivity contribution in [3.05, 3.63) is 18.2 Å². The van der Waals surface area contributed by atoms with Crippen LogP contribution in [-0.2, 0) is 11.0 Å². The van der Waals surface area contributed by atoms with Crippen molar-refractivity contribution in [2.45, 2.75) is 6.42 Å². The molecule has 0 aliphatic heterocycles. The van der Waals surface area contributed by atoms with E-state index in [4.69, 9.17) is 15.5 Å². The van der Waals surface area contributed by atoms with Crippen molar-refractivity contribution in [3.63, 3.8) is 0 Å². The summed E-state index contributed by atoms with van der Waals surface area (Å²) in [6, 6.07) is 0. The third-order valence-corrected chi connectivity index (χ3v) is 1.62. The molecule has 1 rings (SSSR count). The molecule has 0 aliphatic rings. The molecule has 0 aromatic carbocycles. The average Bonchev–Trinajstić information content (AvgIpc) is 2.33. The number of hydrogen-bond acceptors (Lipinski definition) is 4. The van der Waals surface area contributed by atoms with Gasteiger partial charge in [0.2, 0.25) is 0 Å². The molecule has 1 heterocycles. The fourth-order valence-corrected chi connectivity index (χ4v) is 1.12. The molecule has 1 aromatic rings. The van der Waals surface area contributed by atoms with Crippen molar-refractivity contribution in [2.24, 2.45) is 5.73 Å². The zero-order chi connectivity index (χ0) is 9.90. The number of rotatable bonds is 4. The van der Waals surface area contributed by atoms with E-state index in [1.54, 1.807) is 0 Å². The van der Waals surface area contributed by atoms with Gasteiger partial charge in [-0.15, -0.1) is 12.4 Å². The molecule has 0 unspecified atom stereocenters. The van der Waals surface area contributed by atoms with Gasteiger partial charge in [0, 0.05) is 6.42 Å². The third-order valence-electron chi connectivity index (χ3n) is 1.21. The van der Waals surface area contributed by atoms with E-state index in [1.165, 1.54) is 12.5 Å². The first-order chi connectivity index (χ1) is 6.01. The first kappa shape index (κ1) is 17.8. The van der Waals surface area contributed by atoms with Gasteiger partial charge < -0.3 is 10.4 Å². The molecule has 0 radical (unpaired) electrons. The van der Waals surface area contributed by atoms with Crippen LogP contribution >= 0.6 is 20.2 Å². The van der Waals surface area contributed by atoms with Crippen LogP contribution in [0.5, 0.6) is 0 Å². The Morgan fingerprint density at radius 3 is 2.67 bits per heavy atom. The van der Waals surface area contributed by atoms with Crippen molar-refractivity contribution < 1.29 is 19.0 Å². The van der Waals surface area contributed by atoms with Gasteiger partial charge in [0.05, 0.1) is 11.9 Å². The number of aromatic nitrogens is 2. The summed E-state index contributed by atoms with van der Waals surface area (Å²) in [6.07, 6.45) is 3.08. The van der Waals surface area contributed by atoms with Crippen LogP contribution in [0.3, 0.4) is 0 Å². The second-order valence-electron chi connectivity index (χ2n) is 2.34. The molecule has 0 atom stereocenters. The number of hydrogen-bond donors (Lipinski definition) is 3. The number of nitrogens with two attached hydrogens (primary N) is 1. The minimum atomic E-state index is -4.50. The predicted octanol–water partition coefficient (Wildman–Crippen LogP) is -1.32. The van der Waals surface area contributed by atoms with Crippen molar-refractivity contribution >= 4 is 49.8 Å². The first-order valence-electron chi connectivity index (χ1n) is 3.50. The van der Waals surface area contributed by atoms with E-state index in [2.05, 4.69) is 9.61 Å². The average molecular weight is 268 g/mol. The maximum absolute atomic E-state index is 10.4. The van der Waals surface area contributed by atoms with Crippen LogP contribution in [-0.4, -0.2) is 55.6 Å². The summed E-state index contributed by atoms with van der Waals surface area (Å²) in [6.45, 7) is 0.424. The van der Waals surface area contributed by atoms with E-state index >= 15 is 0 Å². The fourth-order valence-electron chi connectivity index (χ4n) is 0.789. The minimum absolute atomic E-state index is 0. The van der Waals surface area contributed by atoms with Gasteiger partial charge >= 0.3 is 37.4 Å². The molecule has 0 bridgehead atoms. The van der Waals surface area contributed by atoms with Gasteiger partial charge in [-0.1, -0.05) is 0 Å². The second kappa shape index (κ2) is 7.65. The Kier molecular flexibility index (Phi) is 9.07. The molecule has 84 valence electrons. The topological polar surface area (TPSA) is 111 Å². The van der Waals surface area contributed by atoms with Gasteiger partial charge in [-0.25, -0.2) is 9.55 Å². The summed E-state index contributed by atoms with van der Waals surface area (Å²) >= 11 is 0. The normalized spacial score (nSPS) is 10.1. The standard InChI is InChI=1S/C5H10N3O4P.ClH.Na.H/c6-2-1-5-3-8(4-7-5)12-13(9,10)11;;;/h3-4H,1-2,6H2,(H2,9,10,11);1H;;. The molecule has 0 saturated carbocycles. The molecule has 0 fully saturated rings. The van der Waals surface area contributed by atoms with Crippen LogP contribution < -0.4 is 10.4 Å². The Hall–Kier alpha value is 0.410. The first-order valence-corrected chi connectivity index (χ1v) is 5.03. The molecule has 0 saturated heterocycles. The van der Waals surface area contributed by atoms with Crippen molar-refractivity contribution in [2.75, 3.05) is 6.54 Å². The molecule has 15 heavy (non-hydrogen) atoms. The molecule has 0 amide bonds. The number of imidazole rings is 1. The van der Waals surface area contributed by atoms with E-state index in [1.807, 2.05) is 0 Å². The monoisotopic (exact) mass is 267 g/mol. The van der Waals surface area contributed by atoms with Crippen LogP contribution in [0.4, 0.5) is 0 Å². The van der Waals surface area contributed by atoms with Gasteiger partial charge in [0.25, 0.3) is 0 Å². The fraction of sp³-hybridized carbons (Fsp3) is 0.400. The summed E-state index contributed by atoms with van der Waals surface area (Å²) in [4.78, 5) is 20.7. The van der Waals surface area contributed by atoms with Crippen LogP contribution in [0.25, 0.3) is 0 Å². The van der Waals surface area contributed by atoms with E-state index in [0.717, 1.165) is 4.73 Å². The molecule has 10 heteroatoms. The van der Waals surface area contributed by atoms with E-state index < -0.39 is 7.82 Å². The van der Waals surface area contributed by atoms with Gasteiger partial charge in [-0.2, -0.15) is 4.73 Å². The molecule has 0 spiro atoms. The Labute approximate surface area is 115 Å². The van der Waals surface area contributed by atoms with Gasteiger partial charge in [0.15, 0.2) is 0 Å². The van der Waals surface area contributed by atoms with Crippen molar-refractivity contribution in [1.29, 1.82) is 0 Å². The van der Waals surface area contributed by atoms with E-state index in [9.17, 15) is 4.57 Å². The summed E-state index contributed by atoms with van der Waals surface area (Å²) in [7, 11) is -4.50. The Morgan fingerprint density at radius 1 is 1.60 bits per heavy atom. The third kappa shape index (κ3) is 7.32. The molecule has 7 nitrogen and oxygen atoms in total. The Morgan fingerprint density at radius 2 is 2.20 bits per heavy atom. The van der Waals surface area contributed by atoms with Gasteiger partial charge in [-0.05, 0) is 6.54 Å². The second-order valence-corrected chi connectivity index (χ2v) is 3.48. The van der Waals surface area contributed by atoms with Crippen molar-refractivity contribution in [3.8, 4) is 0 Å². The quantitative estimate of drug-likeness (QED) is 0.461. The summed E-state index contributed by atoms with van der Waals surface area (Å²) < 4.78 is 15.4. The zero-order valence-corrected chi connectivity index (χ0v) is 8.82. The number of halogens is 1. The maximum atomic E-state index is 10.4. The summed E-state index contributed by atoms with van der Waals surface area (Å²) in [5.41, 5.74) is 5.87.